The van der Waals surface area contributed by atoms with Crippen molar-refractivity contribution in [3.63, 3.8) is 0 Å². The number of nitrogens with one attached hydrogen (secondary N) is 1. The lowest BCUT2D eigenvalue weighted by Gasteiger charge is -2.10. The Balaban J connectivity index is 1.81. The highest BCUT2D eigenvalue weighted by atomic mass is 32.2. The Labute approximate surface area is 168 Å². The highest BCUT2D eigenvalue weighted by molar-refractivity contribution is 7.99. The summed E-state index contributed by atoms with van der Waals surface area (Å²) in [6, 6.07) is 7.46. The summed E-state index contributed by atoms with van der Waals surface area (Å²) in [5, 5.41) is 12.7. The Kier molecular flexibility index (Phi) is 7.08. The van der Waals surface area contributed by atoms with Gasteiger partial charge in [-0.25, -0.2) is 0 Å². The van der Waals surface area contributed by atoms with Crippen molar-refractivity contribution < 1.29 is 4.79 Å². The molecule has 2 aromatic heterocycles. The van der Waals surface area contributed by atoms with Gasteiger partial charge in [-0.1, -0.05) is 57.0 Å². The normalized spacial score (nSPS) is 11.4. The average Bonchev–Trinajstić information content (AvgIpc) is 3.13. The SMILES string of the molecule is CCCCCCNC(=O)CSc1nnc2n(CCC)c(=O)c3ccccc3n12. The second kappa shape index (κ2) is 9.73. The maximum absolute atomic E-state index is 12.8. The molecule has 3 aromatic rings. The van der Waals surface area contributed by atoms with Gasteiger partial charge in [0.2, 0.25) is 11.7 Å². The monoisotopic (exact) mass is 401 g/mol. The van der Waals surface area contributed by atoms with Crippen LogP contribution in [0.3, 0.4) is 0 Å². The summed E-state index contributed by atoms with van der Waals surface area (Å²) in [5.41, 5.74) is 0.709. The summed E-state index contributed by atoms with van der Waals surface area (Å²) < 4.78 is 3.54. The molecule has 0 spiro atoms. The predicted octanol–water partition coefficient (Wildman–Crippen LogP) is 3.24. The fraction of sp³-hybridized carbons (Fsp3) is 0.500. The first kappa shape index (κ1) is 20.4. The van der Waals surface area contributed by atoms with Crippen molar-refractivity contribution in [3.05, 3.63) is 34.6 Å². The maximum Gasteiger partial charge on any atom is 0.262 e. The molecule has 28 heavy (non-hydrogen) atoms. The van der Waals surface area contributed by atoms with E-state index in [2.05, 4.69) is 22.4 Å². The number of aryl methyl sites for hydroxylation is 1. The number of aromatic nitrogens is 4. The summed E-state index contributed by atoms with van der Waals surface area (Å²) in [4.78, 5) is 25.0. The first-order valence-corrected chi connectivity index (χ1v) is 10.9. The smallest absolute Gasteiger partial charge is 0.262 e. The van der Waals surface area contributed by atoms with Crippen molar-refractivity contribution in [1.29, 1.82) is 0 Å². The Hall–Kier alpha value is -2.35. The molecule has 1 aromatic carbocycles. The van der Waals surface area contributed by atoms with Crippen LogP contribution >= 0.6 is 11.8 Å². The van der Waals surface area contributed by atoms with Crippen LogP contribution in [0, 0.1) is 0 Å². The molecule has 3 rings (SSSR count). The minimum atomic E-state index is -0.0567. The molecule has 0 bridgehead atoms. The molecule has 0 unspecified atom stereocenters. The molecule has 0 aliphatic rings. The van der Waals surface area contributed by atoms with Crippen molar-refractivity contribution in [2.24, 2.45) is 0 Å². The van der Waals surface area contributed by atoms with Crippen molar-refractivity contribution >= 4 is 34.3 Å². The van der Waals surface area contributed by atoms with Crippen LogP contribution in [-0.2, 0) is 11.3 Å². The van der Waals surface area contributed by atoms with Gasteiger partial charge in [0.05, 0.1) is 16.7 Å². The molecule has 2 heterocycles. The van der Waals surface area contributed by atoms with Crippen LogP contribution in [0.1, 0.15) is 46.0 Å². The van der Waals surface area contributed by atoms with Gasteiger partial charge in [0.15, 0.2) is 5.16 Å². The van der Waals surface area contributed by atoms with Crippen molar-refractivity contribution in [1.82, 2.24) is 24.5 Å². The number of hydrogen-bond donors (Lipinski definition) is 1. The fourth-order valence-corrected chi connectivity index (χ4v) is 3.98. The number of hydrogen-bond acceptors (Lipinski definition) is 5. The molecule has 0 radical (unpaired) electrons. The third kappa shape index (κ3) is 4.38. The molecule has 8 heteroatoms. The predicted molar refractivity (Wildman–Crippen MR) is 113 cm³/mol. The van der Waals surface area contributed by atoms with Crippen molar-refractivity contribution in [2.75, 3.05) is 12.3 Å². The Bertz CT molecular complexity index is 1010. The molecule has 0 atom stereocenters. The quantitative estimate of drug-likeness (QED) is 0.417. The van der Waals surface area contributed by atoms with E-state index < -0.39 is 0 Å². The van der Waals surface area contributed by atoms with Crippen LogP contribution in [0.4, 0.5) is 0 Å². The van der Waals surface area contributed by atoms with Gasteiger partial charge in [-0.15, -0.1) is 10.2 Å². The third-order valence-corrected chi connectivity index (χ3v) is 5.54. The second-order valence-electron chi connectivity index (χ2n) is 6.79. The third-order valence-electron chi connectivity index (χ3n) is 4.61. The van der Waals surface area contributed by atoms with Gasteiger partial charge < -0.3 is 5.32 Å². The minimum Gasteiger partial charge on any atom is -0.355 e. The van der Waals surface area contributed by atoms with E-state index in [1.807, 2.05) is 35.6 Å². The number of unbranched alkanes of at least 4 members (excludes halogenated alkanes) is 3. The molecule has 7 nitrogen and oxygen atoms in total. The first-order chi connectivity index (χ1) is 13.7. The number of nitrogens with zero attached hydrogens (tertiary/aromatic N) is 4. The number of thioether (sulfide) groups is 1. The van der Waals surface area contributed by atoms with Gasteiger partial charge in [-0.2, -0.15) is 0 Å². The van der Waals surface area contributed by atoms with Gasteiger partial charge in [-0.05, 0) is 25.0 Å². The molecular formula is C20H27N5O2S. The number of carbonyl (C=O) groups is 1. The zero-order valence-corrected chi connectivity index (χ0v) is 17.3. The molecule has 0 aliphatic carbocycles. The molecular weight excluding hydrogens is 374 g/mol. The second-order valence-corrected chi connectivity index (χ2v) is 7.73. The lowest BCUT2D eigenvalue weighted by atomic mass is 10.2. The van der Waals surface area contributed by atoms with E-state index in [0.29, 0.717) is 29.4 Å². The van der Waals surface area contributed by atoms with Gasteiger partial charge in [0.25, 0.3) is 5.56 Å². The molecule has 150 valence electrons. The topological polar surface area (TPSA) is 81.3 Å². The van der Waals surface area contributed by atoms with Gasteiger partial charge in [0.1, 0.15) is 0 Å². The van der Waals surface area contributed by atoms with E-state index in [0.717, 1.165) is 24.8 Å². The van der Waals surface area contributed by atoms with Crippen LogP contribution in [0.2, 0.25) is 0 Å². The number of rotatable bonds is 10. The highest BCUT2D eigenvalue weighted by Crippen LogP contribution is 2.21. The highest BCUT2D eigenvalue weighted by Gasteiger charge is 2.17. The van der Waals surface area contributed by atoms with E-state index in [-0.39, 0.29) is 17.2 Å². The Morgan fingerprint density at radius 2 is 1.93 bits per heavy atom. The standard InChI is InChI=1S/C20H27N5O2S/c1-3-5-6-9-12-21-17(26)14-28-20-23-22-19-24(13-4-2)18(27)15-10-7-8-11-16(15)25(19)20/h7-8,10-11H,3-6,9,12-14H2,1-2H3,(H,21,26). The Morgan fingerprint density at radius 3 is 2.71 bits per heavy atom. The van der Waals surface area contributed by atoms with Crippen molar-refractivity contribution in [3.8, 4) is 0 Å². The number of para-hydroxylation sites is 1. The summed E-state index contributed by atoms with van der Waals surface area (Å²) in [5.74, 6) is 0.785. The van der Waals surface area contributed by atoms with Crippen LogP contribution in [0.25, 0.3) is 16.7 Å². The molecule has 0 saturated carbocycles. The van der Waals surface area contributed by atoms with Gasteiger partial charge >= 0.3 is 0 Å². The zero-order chi connectivity index (χ0) is 19.9. The molecule has 1 N–H and O–H groups in total. The van der Waals surface area contributed by atoms with E-state index in [1.54, 1.807) is 4.57 Å². The number of amides is 1. The summed E-state index contributed by atoms with van der Waals surface area (Å²) in [7, 11) is 0. The number of fused-ring (bicyclic) bond motifs is 3. The number of carbonyl (C=O) groups excluding carboxylic acids is 1. The van der Waals surface area contributed by atoms with Gasteiger partial charge in [-0.3, -0.25) is 18.6 Å². The zero-order valence-electron chi connectivity index (χ0n) is 16.5. The van der Waals surface area contributed by atoms with E-state index in [4.69, 9.17) is 0 Å². The average molecular weight is 402 g/mol. The molecule has 0 saturated heterocycles. The van der Waals surface area contributed by atoms with Crippen LogP contribution in [-0.4, -0.2) is 37.4 Å². The summed E-state index contributed by atoms with van der Waals surface area (Å²) in [6.07, 6.45) is 5.35. The molecule has 0 aliphatic heterocycles. The number of benzene rings is 1. The van der Waals surface area contributed by atoms with E-state index >= 15 is 0 Å². The lowest BCUT2D eigenvalue weighted by molar-refractivity contribution is -0.118. The van der Waals surface area contributed by atoms with Gasteiger partial charge in [0, 0.05) is 13.1 Å². The summed E-state index contributed by atoms with van der Waals surface area (Å²) in [6.45, 7) is 5.48. The van der Waals surface area contributed by atoms with Crippen molar-refractivity contribution in [2.45, 2.75) is 57.7 Å². The summed E-state index contributed by atoms with van der Waals surface area (Å²) >= 11 is 1.34. The van der Waals surface area contributed by atoms with E-state index in [9.17, 15) is 9.59 Å². The van der Waals surface area contributed by atoms with Crippen LogP contribution in [0.15, 0.2) is 34.2 Å². The van der Waals surface area contributed by atoms with Crippen LogP contribution in [0.5, 0.6) is 0 Å². The first-order valence-electron chi connectivity index (χ1n) is 9.93. The maximum atomic E-state index is 12.8. The molecule has 0 fully saturated rings. The minimum absolute atomic E-state index is 0.00978. The molecule has 1 amide bonds. The largest absolute Gasteiger partial charge is 0.355 e. The Morgan fingerprint density at radius 1 is 1.11 bits per heavy atom. The lowest BCUT2D eigenvalue weighted by Crippen LogP contribution is -2.26. The fourth-order valence-electron chi connectivity index (χ4n) is 3.21. The van der Waals surface area contributed by atoms with E-state index in [1.165, 1.54) is 24.6 Å². The van der Waals surface area contributed by atoms with Crippen LogP contribution < -0.4 is 10.9 Å².